The van der Waals surface area contributed by atoms with E-state index in [9.17, 15) is 14.3 Å². The zero-order valence-corrected chi connectivity index (χ0v) is 23.5. The number of aliphatic hydroxyl groups is 1. The summed E-state index contributed by atoms with van der Waals surface area (Å²) in [5.41, 5.74) is 4.59. The zero-order chi connectivity index (χ0) is 27.5. The number of nitrogens with one attached hydrogen (secondary N) is 1. The number of hydrogen-bond acceptors (Lipinski definition) is 7. The summed E-state index contributed by atoms with van der Waals surface area (Å²) in [6.07, 6.45) is 4.85. The summed E-state index contributed by atoms with van der Waals surface area (Å²) in [7, 11) is 3.84. The lowest BCUT2D eigenvalue weighted by Crippen LogP contribution is -2.42. The molecule has 3 aromatic heterocycles. The van der Waals surface area contributed by atoms with Crippen LogP contribution >= 0.6 is 11.3 Å². The summed E-state index contributed by atoms with van der Waals surface area (Å²) >= 11 is 1.45. The van der Waals surface area contributed by atoms with Gasteiger partial charge in [-0.25, -0.2) is 14.4 Å². The molecule has 206 valence electrons. The quantitative estimate of drug-likeness (QED) is 0.319. The number of hydrogen-bond donors (Lipinski definition) is 2. The van der Waals surface area contributed by atoms with E-state index in [1.165, 1.54) is 29.0 Å². The van der Waals surface area contributed by atoms with Gasteiger partial charge < -0.3 is 20.2 Å². The van der Waals surface area contributed by atoms with Crippen LogP contribution in [-0.4, -0.2) is 68.9 Å². The fourth-order valence-corrected chi connectivity index (χ4v) is 6.08. The molecular weight excluding hydrogens is 515 g/mol. The number of likely N-dealkylation sites (tertiary alicyclic amines) is 1. The second-order valence-electron chi connectivity index (χ2n) is 10.2. The van der Waals surface area contributed by atoms with E-state index in [1.807, 2.05) is 23.9 Å². The number of rotatable bonds is 9. The van der Waals surface area contributed by atoms with Crippen molar-refractivity contribution in [1.29, 1.82) is 0 Å². The molecule has 0 unspecified atom stereocenters. The first-order valence-corrected chi connectivity index (χ1v) is 14.2. The van der Waals surface area contributed by atoms with Crippen LogP contribution in [0.25, 0.3) is 16.9 Å². The van der Waals surface area contributed by atoms with Gasteiger partial charge >= 0.3 is 0 Å². The van der Waals surface area contributed by atoms with Crippen molar-refractivity contribution in [1.82, 2.24) is 24.2 Å². The van der Waals surface area contributed by atoms with Gasteiger partial charge in [0.15, 0.2) is 0 Å². The average molecular weight is 551 g/mol. The zero-order valence-electron chi connectivity index (χ0n) is 22.7. The number of fused-ring (bicyclic) bond motifs is 1. The van der Waals surface area contributed by atoms with Gasteiger partial charge in [0.05, 0.1) is 36.0 Å². The van der Waals surface area contributed by atoms with E-state index in [1.54, 1.807) is 12.1 Å². The minimum absolute atomic E-state index is 0.122. The highest BCUT2D eigenvalue weighted by Crippen LogP contribution is 2.32. The maximum atomic E-state index is 13.4. The minimum atomic E-state index is -0.302. The van der Waals surface area contributed by atoms with Crippen molar-refractivity contribution in [2.75, 3.05) is 39.0 Å². The molecule has 10 heteroatoms. The first-order valence-electron chi connectivity index (χ1n) is 13.4. The van der Waals surface area contributed by atoms with Crippen molar-refractivity contribution >= 4 is 28.7 Å². The summed E-state index contributed by atoms with van der Waals surface area (Å²) in [5.74, 6) is 1.22. The number of aryl methyl sites for hydroxylation is 1. The van der Waals surface area contributed by atoms with Gasteiger partial charge in [-0.15, -0.1) is 11.3 Å². The van der Waals surface area contributed by atoms with E-state index in [0.29, 0.717) is 24.7 Å². The number of likely N-dealkylation sites (N-methyl/N-ethyl adjacent to an activating group) is 1. The molecule has 0 saturated carbocycles. The number of aromatic nitrogens is 3. The third kappa shape index (κ3) is 5.98. The van der Waals surface area contributed by atoms with Crippen LogP contribution in [-0.2, 0) is 24.4 Å². The molecule has 8 nitrogen and oxygen atoms in total. The van der Waals surface area contributed by atoms with Crippen LogP contribution < -0.4 is 5.32 Å². The van der Waals surface area contributed by atoms with E-state index < -0.39 is 0 Å². The molecule has 1 saturated heterocycles. The molecule has 39 heavy (non-hydrogen) atoms. The Balaban J connectivity index is 1.33. The number of piperidine rings is 1. The van der Waals surface area contributed by atoms with E-state index in [-0.39, 0.29) is 18.3 Å². The summed E-state index contributed by atoms with van der Waals surface area (Å²) in [5, 5.41) is 14.3. The number of carbonyl (C=O) groups excluding carboxylic acids is 1. The molecule has 2 N–H and O–H groups in total. The lowest BCUT2D eigenvalue weighted by Gasteiger charge is -2.33. The number of anilines is 1. The number of imidazole rings is 1. The molecule has 0 spiro atoms. The van der Waals surface area contributed by atoms with Gasteiger partial charge in [-0.3, -0.25) is 9.20 Å². The average Bonchev–Trinajstić information content (AvgIpc) is 3.52. The van der Waals surface area contributed by atoms with Crippen LogP contribution in [0.3, 0.4) is 0 Å². The fourth-order valence-electron chi connectivity index (χ4n) is 5.19. The number of benzene rings is 1. The molecule has 0 atom stereocenters. The molecular formula is C29H35FN6O2S. The standard InChI is InChI=1S/C29H35FN6O2S/c1-4-23-29(31-15-26-33-28(24(18-37)39-26)20-5-8-22(30)9-6-20)36-16-21(7-10-25(36)32-23)19-11-13-35(14-12-19)27(38)17-34(2)3/h5-10,16,19,31,37H,4,11-15,17-18H2,1-3H3. The number of carbonyl (C=O) groups is 1. The van der Waals surface area contributed by atoms with Crippen LogP contribution in [0.5, 0.6) is 0 Å². The Morgan fingerprint density at radius 3 is 2.56 bits per heavy atom. The molecule has 4 heterocycles. The van der Waals surface area contributed by atoms with Gasteiger partial charge in [0.2, 0.25) is 5.91 Å². The minimum Gasteiger partial charge on any atom is -0.391 e. The SMILES string of the molecule is CCc1nc2ccc(C3CCN(C(=O)CN(C)C)CC3)cn2c1NCc1nc(-c2ccc(F)cc2)c(CO)s1. The number of nitrogens with zero attached hydrogens (tertiary/aromatic N) is 5. The van der Waals surface area contributed by atoms with Crippen molar-refractivity contribution < 1.29 is 14.3 Å². The van der Waals surface area contributed by atoms with Crippen LogP contribution in [0.1, 0.15) is 46.8 Å². The van der Waals surface area contributed by atoms with Crippen molar-refractivity contribution in [3.05, 3.63) is 69.6 Å². The summed E-state index contributed by atoms with van der Waals surface area (Å²) < 4.78 is 15.5. The highest BCUT2D eigenvalue weighted by Gasteiger charge is 2.25. The van der Waals surface area contributed by atoms with Crippen LogP contribution in [0.2, 0.25) is 0 Å². The van der Waals surface area contributed by atoms with Crippen molar-refractivity contribution in [2.45, 2.75) is 45.3 Å². The van der Waals surface area contributed by atoms with Crippen molar-refractivity contribution in [3.63, 3.8) is 0 Å². The smallest absolute Gasteiger partial charge is 0.236 e. The van der Waals surface area contributed by atoms with Crippen LogP contribution in [0.15, 0.2) is 42.6 Å². The van der Waals surface area contributed by atoms with E-state index >= 15 is 0 Å². The van der Waals surface area contributed by atoms with Gasteiger partial charge in [0, 0.05) is 24.8 Å². The Labute approximate surface area is 232 Å². The van der Waals surface area contributed by atoms with Crippen LogP contribution in [0, 0.1) is 5.82 Å². The molecule has 1 aliphatic rings. The van der Waals surface area contributed by atoms with E-state index in [0.717, 1.165) is 65.0 Å². The van der Waals surface area contributed by atoms with E-state index in [4.69, 9.17) is 9.97 Å². The lowest BCUT2D eigenvalue weighted by atomic mass is 9.90. The molecule has 1 fully saturated rings. The number of aliphatic hydroxyl groups excluding tert-OH is 1. The molecule has 5 rings (SSSR count). The fraction of sp³-hybridized carbons (Fsp3) is 0.414. The van der Waals surface area contributed by atoms with Gasteiger partial charge in [-0.1, -0.05) is 13.0 Å². The molecule has 0 aliphatic carbocycles. The predicted octanol–water partition coefficient (Wildman–Crippen LogP) is 4.53. The van der Waals surface area contributed by atoms with E-state index in [2.05, 4.69) is 35.0 Å². The van der Waals surface area contributed by atoms with Gasteiger partial charge in [0.25, 0.3) is 0 Å². The Morgan fingerprint density at radius 2 is 1.90 bits per heavy atom. The molecule has 4 aromatic rings. The second-order valence-corrected chi connectivity index (χ2v) is 11.4. The normalized spacial score (nSPS) is 14.5. The summed E-state index contributed by atoms with van der Waals surface area (Å²) in [4.78, 5) is 26.7. The third-order valence-electron chi connectivity index (χ3n) is 7.23. The Bertz CT molecular complexity index is 1440. The Morgan fingerprint density at radius 1 is 1.15 bits per heavy atom. The number of pyridine rings is 1. The largest absolute Gasteiger partial charge is 0.391 e. The van der Waals surface area contributed by atoms with Crippen LogP contribution in [0.4, 0.5) is 10.2 Å². The van der Waals surface area contributed by atoms with Gasteiger partial charge in [0.1, 0.15) is 22.3 Å². The molecule has 0 radical (unpaired) electrons. The number of amides is 1. The predicted molar refractivity (Wildman–Crippen MR) is 152 cm³/mol. The number of thiazole rings is 1. The highest BCUT2D eigenvalue weighted by molar-refractivity contribution is 7.12. The summed E-state index contributed by atoms with van der Waals surface area (Å²) in [6.45, 7) is 4.45. The van der Waals surface area contributed by atoms with Gasteiger partial charge in [-0.05, 0) is 75.2 Å². The monoisotopic (exact) mass is 550 g/mol. The maximum Gasteiger partial charge on any atom is 0.236 e. The highest BCUT2D eigenvalue weighted by atomic mass is 32.1. The van der Waals surface area contributed by atoms with Gasteiger partial charge in [-0.2, -0.15) is 0 Å². The first kappa shape index (κ1) is 27.2. The Hall–Kier alpha value is -3.34. The van der Waals surface area contributed by atoms with Crippen molar-refractivity contribution in [2.24, 2.45) is 0 Å². The lowest BCUT2D eigenvalue weighted by molar-refractivity contribution is -0.132. The van der Waals surface area contributed by atoms with Crippen molar-refractivity contribution in [3.8, 4) is 11.3 Å². The topological polar surface area (TPSA) is 86.0 Å². The molecule has 1 amide bonds. The molecule has 1 aliphatic heterocycles. The number of halogens is 1. The molecule has 1 aromatic carbocycles. The summed E-state index contributed by atoms with van der Waals surface area (Å²) in [6, 6.07) is 10.4. The maximum absolute atomic E-state index is 13.4. The first-order chi connectivity index (χ1) is 18.9. The third-order valence-corrected chi connectivity index (χ3v) is 8.27. The second kappa shape index (κ2) is 11.8. The molecule has 0 bridgehead atoms. The Kier molecular flexibility index (Phi) is 8.25.